The molecule has 44 heavy (non-hydrogen) atoms. The van der Waals surface area contributed by atoms with Crippen molar-refractivity contribution in [2.75, 3.05) is 44.7 Å². The van der Waals surface area contributed by atoms with Crippen molar-refractivity contribution in [3.05, 3.63) is 75.6 Å². The van der Waals surface area contributed by atoms with Gasteiger partial charge in [-0.3, -0.25) is 14.3 Å². The second kappa shape index (κ2) is 14.7. The van der Waals surface area contributed by atoms with Crippen molar-refractivity contribution in [3.63, 3.8) is 0 Å². The van der Waals surface area contributed by atoms with Crippen molar-refractivity contribution in [2.45, 2.75) is 77.2 Å². The maximum absolute atomic E-state index is 14.3. The predicted molar refractivity (Wildman–Crippen MR) is 181 cm³/mol. The van der Waals surface area contributed by atoms with Crippen LogP contribution in [0.4, 0.5) is 10.1 Å². The molecule has 6 nitrogen and oxygen atoms in total. The molecule has 0 spiro atoms. The minimum atomic E-state index is -1.02. The number of piperazine rings is 1. The predicted octanol–water partition coefficient (Wildman–Crippen LogP) is 7.75. The van der Waals surface area contributed by atoms with E-state index < -0.39 is 5.54 Å². The van der Waals surface area contributed by atoms with Gasteiger partial charge in [-0.25, -0.2) is 9.18 Å². The molecule has 5 rings (SSSR count). The molecule has 0 atom stereocenters. The standard InChI is InChI=1S/C36H46FN3O3S/c1-4-6-8-16-36(35(42)43-3,17-9-7-5-2)40-31-24-27(10-11-28(31)12-13-34(40)41)14-18-38-19-21-39(22-20-38)32-25-29(37)26-33-30(32)15-23-44-33/h10-13,15,23-26H,4-9,14,16-22H2,1-3H3. The Morgan fingerprint density at radius 3 is 2.32 bits per heavy atom. The molecule has 0 saturated carbocycles. The number of thiophene rings is 1. The number of carbonyl (C=O) groups is 1. The normalized spacial score (nSPS) is 14.5. The zero-order valence-corrected chi connectivity index (χ0v) is 27.3. The highest BCUT2D eigenvalue weighted by molar-refractivity contribution is 7.17. The fourth-order valence-corrected chi connectivity index (χ4v) is 7.66. The first-order valence-corrected chi connectivity index (χ1v) is 17.2. The van der Waals surface area contributed by atoms with Gasteiger partial charge < -0.3 is 9.64 Å². The van der Waals surface area contributed by atoms with Crippen molar-refractivity contribution in [1.82, 2.24) is 9.47 Å². The number of pyridine rings is 1. The molecule has 2 aromatic heterocycles. The van der Waals surface area contributed by atoms with Gasteiger partial charge in [0.15, 0.2) is 0 Å². The van der Waals surface area contributed by atoms with Crippen LogP contribution in [-0.2, 0) is 21.5 Å². The molecular weight excluding hydrogens is 573 g/mol. The molecule has 2 aromatic carbocycles. The molecule has 3 heterocycles. The largest absolute Gasteiger partial charge is 0.467 e. The number of anilines is 1. The third-order valence-electron chi connectivity index (χ3n) is 9.29. The van der Waals surface area contributed by atoms with E-state index in [0.29, 0.717) is 12.8 Å². The van der Waals surface area contributed by atoms with Gasteiger partial charge in [-0.15, -0.1) is 11.3 Å². The molecule has 0 N–H and O–H groups in total. The number of benzene rings is 2. The Hall–Kier alpha value is -3.23. The van der Waals surface area contributed by atoms with E-state index in [1.165, 1.54) is 7.11 Å². The number of fused-ring (bicyclic) bond motifs is 2. The number of nitrogens with zero attached hydrogens (tertiary/aromatic N) is 3. The van der Waals surface area contributed by atoms with E-state index in [9.17, 15) is 14.0 Å². The number of carbonyl (C=O) groups excluding carboxylic acids is 1. The third-order valence-corrected chi connectivity index (χ3v) is 10.2. The van der Waals surface area contributed by atoms with E-state index in [4.69, 9.17) is 4.74 Å². The second-order valence-corrected chi connectivity index (χ2v) is 13.1. The van der Waals surface area contributed by atoms with Crippen LogP contribution in [-0.4, -0.2) is 55.3 Å². The van der Waals surface area contributed by atoms with E-state index >= 15 is 0 Å². The lowest BCUT2D eigenvalue weighted by atomic mass is 9.85. The first-order valence-electron chi connectivity index (χ1n) is 16.3. The molecule has 236 valence electrons. The summed E-state index contributed by atoms with van der Waals surface area (Å²) in [6.07, 6.45) is 7.82. The number of unbranched alkanes of at least 4 members (excludes halogenated alkanes) is 4. The van der Waals surface area contributed by atoms with E-state index in [1.54, 1.807) is 34.1 Å². The lowest BCUT2D eigenvalue weighted by Gasteiger charge is -2.36. The molecule has 4 aromatic rings. The number of rotatable bonds is 14. The molecule has 0 radical (unpaired) electrons. The van der Waals surface area contributed by atoms with Gasteiger partial charge in [0.1, 0.15) is 11.4 Å². The fraction of sp³-hybridized carbons (Fsp3) is 0.500. The van der Waals surface area contributed by atoms with Crippen LogP contribution in [0.15, 0.2) is 58.7 Å². The number of methoxy groups -OCH3 is 1. The maximum atomic E-state index is 14.3. The highest BCUT2D eigenvalue weighted by Gasteiger charge is 2.42. The minimum Gasteiger partial charge on any atom is -0.467 e. The fourth-order valence-electron chi connectivity index (χ4n) is 6.82. The molecule has 0 amide bonds. The smallest absolute Gasteiger partial charge is 0.332 e. The first kappa shape index (κ1) is 32.2. The van der Waals surface area contributed by atoms with Crippen molar-refractivity contribution >= 4 is 44.0 Å². The molecular formula is C36H46FN3O3S. The second-order valence-electron chi connectivity index (χ2n) is 12.2. The summed E-state index contributed by atoms with van der Waals surface area (Å²) in [4.78, 5) is 32.0. The number of esters is 1. The molecule has 1 saturated heterocycles. The highest BCUT2D eigenvalue weighted by Crippen LogP contribution is 2.35. The number of hydrogen-bond acceptors (Lipinski definition) is 6. The number of aromatic nitrogens is 1. The van der Waals surface area contributed by atoms with Crippen molar-refractivity contribution in [2.24, 2.45) is 0 Å². The van der Waals surface area contributed by atoms with Crippen molar-refractivity contribution < 1.29 is 13.9 Å². The Balaban J connectivity index is 1.36. The van der Waals surface area contributed by atoms with E-state index in [-0.39, 0.29) is 17.3 Å². The Bertz CT molecular complexity index is 1610. The summed E-state index contributed by atoms with van der Waals surface area (Å²) in [5.41, 5.74) is 1.77. The van der Waals surface area contributed by atoms with Crippen LogP contribution in [0.25, 0.3) is 21.0 Å². The number of hydrogen-bond donors (Lipinski definition) is 0. The molecule has 0 bridgehead atoms. The maximum Gasteiger partial charge on any atom is 0.332 e. The lowest BCUT2D eigenvalue weighted by molar-refractivity contribution is -0.152. The number of halogens is 1. The van der Waals surface area contributed by atoms with E-state index in [0.717, 1.165) is 110 Å². The van der Waals surface area contributed by atoms with E-state index in [1.807, 2.05) is 11.4 Å². The monoisotopic (exact) mass is 619 g/mol. The minimum absolute atomic E-state index is 0.152. The number of ether oxygens (including phenoxy) is 1. The average molecular weight is 620 g/mol. The van der Waals surface area contributed by atoms with Crippen LogP contribution in [0.2, 0.25) is 0 Å². The van der Waals surface area contributed by atoms with Crippen LogP contribution >= 0.6 is 11.3 Å². The van der Waals surface area contributed by atoms with Crippen LogP contribution in [0.3, 0.4) is 0 Å². The Morgan fingerprint density at radius 2 is 1.64 bits per heavy atom. The lowest BCUT2D eigenvalue weighted by Crippen LogP contribution is -2.48. The van der Waals surface area contributed by atoms with Gasteiger partial charge in [-0.1, -0.05) is 64.5 Å². The van der Waals surface area contributed by atoms with Gasteiger partial charge in [0, 0.05) is 54.6 Å². The molecule has 0 aliphatic carbocycles. The summed E-state index contributed by atoms with van der Waals surface area (Å²) in [6.45, 7) is 8.70. The van der Waals surface area contributed by atoms with Crippen molar-refractivity contribution in [3.8, 4) is 0 Å². The third kappa shape index (κ3) is 6.86. The van der Waals surface area contributed by atoms with Crippen LogP contribution in [0, 0.1) is 5.82 Å². The molecule has 0 unspecified atom stereocenters. The summed E-state index contributed by atoms with van der Waals surface area (Å²) < 4.78 is 22.5. The molecule has 1 aliphatic heterocycles. The van der Waals surface area contributed by atoms with Gasteiger partial charge in [-0.2, -0.15) is 0 Å². The summed E-state index contributed by atoms with van der Waals surface area (Å²) in [5.74, 6) is -0.500. The molecule has 8 heteroatoms. The highest BCUT2D eigenvalue weighted by atomic mass is 32.1. The zero-order chi connectivity index (χ0) is 31.1. The Kier molecular flexibility index (Phi) is 10.7. The first-order chi connectivity index (χ1) is 21.4. The quantitative estimate of drug-likeness (QED) is 0.107. The van der Waals surface area contributed by atoms with Crippen molar-refractivity contribution in [1.29, 1.82) is 0 Å². The van der Waals surface area contributed by atoms with Crippen LogP contribution in [0.5, 0.6) is 0 Å². The summed E-state index contributed by atoms with van der Waals surface area (Å²) >= 11 is 1.58. The summed E-state index contributed by atoms with van der Waals surface area (Å²) in [5, 5.41) is 4.11. The van der Waals surface area contributed by atoms with Gasteiger partial charge in [-0.05, 0) is 65.9 Å². The topological polar surface area (TPSA) is 54.8 Å². The molecule has 1 aliphatic rings. The van der Waals surface area contributed by atoms with E-state index in [2.05, 4.69) is 47.9 Å². The Labute approximate surface area is 264 Å². The van der Waals surface area contributed by atoms with Gasteiger partial charge in [0.25, 0.3) is 5.56 Å². The van der Waals surface area contributed by atoms with Gasteiger partial charge in [0.2, 0.25) is 0 Å². The average Bonchev–Trinajstić information content (AvgIpc) is 3.51. The molecule has 1 fully saturated rings. The zero-order valence-electron chi connectivity index (χ0n) is 26.4. The SMILES string of the molecule is CCCCCC(CCCCC)(C(=O)OC)n1c(=O)ccc2ccc(CCN3CCN(c4cc(F)cc5sccc45)CC3)cc21. The summed E-state index contributed by atoms with van der Waals surface area (Å²) in [6, 6.07) is 15.2. The Morgan fingerprint density at radius 1 is 0.932 bits per heavy atom. The van der Waals surface area contributed by atoms with Crippen LogP contribution < -0.4 is 10.5 Å². The van der Waals surface area contributed by atoms with Crippen LogP contribution in [0.1, 0.15) is 70.8 Å². The van der Waals surface area contributed by atoms with Gasteiger partial charge in [0.05, 0.1) is 12.6 Å². The van der Waals surface area contributed by atoms with Gasteiger partial charge >= 0.3 is 5.97 Å². The summed E-state index contributed by atoms with van der Waals surface area (Å²) in [7, 11) is 1.44.